The lowest BCUT2D eigenvalue weighted by Gasteiger charge is -2.25. The van der Waals surface area contributed by atoms with Gasteiger partial charge in [0.2, 0.25) is 0 Å². The molecule has 21 heavy (non-hydrogen) atoms. The fourth-order valence-corrected chi connectivity index (χ4v) is 2.46. The summed E-state index contributed by atoms with van der Waals surface area (Å²) in [4.78, 5) is 12.2. The number of Topliss-reactive ketones (excluding diaryl/α,β-unsaturated/α-hetero) is 1. The van der Waals surface area contributed by atoms with Gasteiger partial charge in [-0.2, -0.15) is 0 Å². The Balaban J connectivity index is 1.92. The summed E-state index contributed by atoms with van der Waals surface area (Å²) in [6.45, 7) is 2.31. The number of rotatable bonds is 3. The highest BCUT2D eigenvalue weighted by molar-refractivity contribution is 5.99. The number of hydrogen-bond acceptors (Lipinski definition) is 4. The Morgan fingerprint density at radius 2 is 2.10 bits per heavy atom. The Morgan fingerprint density at radius 3 is 2.90 bits per heavy atom. The number of ketones is 1. The van der Waals surface area contributed by atoms with Crippen molar-refractivity contribution in [1.29, 1.82) is 0 Å². The minimum atomic E-state index is -0.354. The van der Waals surface area contributed by atoms with E-state index in [2.05, 4.69) is 0 Å². The van der Waals surface area contributed by atoms with Crippen molar-refractivity contribution in [3.63, 3.8) is 0 Å². The van der Waals surface area contributed by atoms with E-state index in [0.29, 0.717) is 23.7 Å². The van der Waals surface area contributed by atoms with Gasteiger partial charge in [0, 0.05) is 0 Å². The highest BCUT2D eigenvalue weighted by atomic mass is 16.5. The summed E-state index contributed by atoms with van der Waals surface area (Å²) in [6.07, 6.45) is -0.0694. The topological polar surface area (TPSA) is 55.8 Å². The molecule has 3 rings (SSSR count). The molecule has 1 unspecified atom stereocenters. The van der Waals surface area contributed by atoms with Gasteiger partial charge in [0.05, 0.1) is 18.6 Å². The Bertz CT molecular complexity index is 678. The van der Waals surface area contributed by atoms with Crippen LogP contribution in [0.15, 0.2) is 42.5 Å². The summed E-state index contributed by atoms with van der Waals surface area (Å²) in [5.41, 5.74) is 1.44. The van der Waals surface area contributed by atoms with Crippen LogP contribution < -0.4 is 9.47 Å². The third-order valence-corrected chi connectivity index (χ3v) is 3.48. The van der Waals surface area contributed by atoms with Gasteiger partial charge in [-0.15, -0.1) is 0 Å². The van der Waals surface area contributed by atoms with Crippen LogP contribution >= 0.6 is 0 Å². The molecule has 4 heteroatoms. The molecule has 0 aliphatic carbocycles. The molecular formula is C17H16O4. The molecule has 0 saturated heterocycles. The maximum absolute atomic E-state index is 12.2. The first-order chi connectivity index (χ1) is 10.2. The monoisotopic (exact) mass is 284 g/mol. The van der Waals surface area contributed by atoms with Crippen LogP contribution in [0.3, 0.4) is 0 Å². The quantitative estimate of drug-likeness (QED) is 0.937. The molecule has 0 aromatic heterocycles. The van der Waals surface area contributed by atoms with E-state index >= 15 is 0 Å². The fraction of sp³-hybridized carbons (Fsp3) is 0.235. The van der Waals surface area contributed by atoms with E-state index in [-0.39, 0.29) is 24.1 Å². The van der Waals surface area contributed by atoms with Crippen molar-refractivity contribution in [2.24, 2.45) is 0 Å². The van der Waals surface area contributed by atoms with Crippen LogP contribution in [0.2, 0.25) is 0 Å². The summed E-state index contributed by atoms with van der Waals surface area (Å²) in [6, 6.07) is 12.3. The van der Waals surface area contributed by atoms with Gasteiger partial charge in [0.1, 0.15) is 11.9 Å². The molecule has 0 bridgehead atoms. The number of benzene rings is 2. The molecule has 0 radical (unpaired) electrons. The first-order valence-electron chi connectivity index (χ1n) is 6.93. The lowest BCUT2D eigenvalue weighted by molar-refractivity contribution is 0.0849. The zero-order valence-electron chi connectivity index (χ0n) is 11.7. The highest BCUT2D eigenvalue weighted by Gasteiger charge is 2.27. The zero-order valence-corrected chi connectivity index (χ0v) is 11.7. The molecule has 1 atom stereocenters. The largest absolute Gasteiger partial charge is 0.504 e. The molecule has 1 heterocycles. The molecule has 0 amide bonds. The zero-order chi connectivity index (χ0) is 14.8. The Morgan fingerprint density at radius 1 is 1.29 bits per heavy atom. The summed E-state index contributed by atoms with van der Waals surface area (Å²) < 4.78 is 11.3. The van der Waals surface area contributed by atoms with Crippen molar-refractivity contribution in [2.75, 3.05) is 6.61 Å². The standard InChI is InChI=1S/C17H16O4/c1-2-20-17-9-11(7-8-13(17)18)16-10-14(19)12-5-3-4-6-15(12)21-16/h3-9,16,18H,2,10H2,1H3. The minimum absolute atomic E-state index is 0.0629. The number of para-hydroxylation sites is 1. The Hall–Kier alpha value is -2.49. The molecule has 2 aromatic carbocycles. The SMILES string of the molecule is CCOc1cc(C2CC(=O)c3ccccc3O2)ccc1O. The number of ether oxygens (including phenoxy) is 2. The van der Waals surface area contributed by atoms with Crippen LogP contribution in [0.5, 0.6) is 17.2 Å². The van der Waals surface area contributed by atoms with Gasteiger partial charge in [0.15, 0.2) is 17.3 Å². The summed E-state index contributed by atoms with van der Waals surface area (Å²) >= 11 is 0. The first kappa shape index (κ1) is 13.5. The van der Waals surface area contributed by atoms with Crippen molar-refractivity contribution in [3.05, 3.63) is 53.6 Å². The van der Waals surface area contributed by atoms with Crippen molar-refractivity contribution in [1.82, 2.24) is 0 Å². The molecule has 4 nitrogen and oxygen atoms in total. The fourth-order valence-electron chi connectivity index (χ4n) is 2.46. The molecule has 1 N–H and O–H groups in total. The van der Waals surface area contributed by atoms with Crippen LogP contribution in [0, 0.1) is 0 Å². The van der Waals surface area contributed by atoms with Gasteiger partial charge in [-0.1, -0.05) is 18.2 Å². The molecule has 0 fully saturated rings. The van der Waals surface area contributed by atoms with Crippen LogP contribution in [-0.2, 0) is 0 Å². The predicted molar refractivity (Wildman–Crippen MR) is 78.0 cm³/mol. The van der Waals surface area contributed by atoms with Crippen molar-refractivity contribution < 1.29 is 19.4 Å². The Labute approximate surface area is 122 Å². The second kappa shape index (κ2) is 5.48. The normalized spacial score (nSPS) is 17.0. The molecule has 2 aromatic rings. The van der Waals surface area contributed by atoms with E-state index in [0.717, 1.165) is 5.56 Å². The average molecular weight is 284 g/mol. The summed E-state index contributed by atoms with van der Waals surface area (Å²) in [7, 11) is 0. The number of carbonyl (C=O) groups is 1. The summed E-state index contributed by atoms with van der Waals surface area (Å²) in [5.74, 6) is 1.16. The van der Waals surface area contributed by atoms with E-state index < -0.39 is 0 Å². The maximum Gasteiger partial charge on any atom is 0.170 e. The van der Waals surface area contributed by atoms with Gasteiger partial charge >= 0.3 is 0 Å². The lowest BCUT2D eigenvalue weighted by Crippen LogP contribution is -2.20. The van der Waals surface area contributed by atoms with Crippen LogP contribution in [0.25, 0.3) is 0 Å². The van der Waals surface area contributed by atoms with E-state index in [4.69, 9.17) is 9.47 Å². The van der Waals surface area contributed by atoms with Crippen molar-refractivity contribution >= 4 is 5.78 Å². The highest BCUT2D eigenvalue weighted by Crippen LogP contribution is 2.37. The van der Waals surface area contributed by atoms with Gasteiger partial charge < -0.3 is 14.6 Å². The predicted octanol–water partition coefficient (Wildman–Crippen LogP) is 3.50. The molecule has 1 aliphatic rings. The van der Waals surface area contributed by atoms with Gasteiger partial charge in [-0.3, -0.25) is 4.79 Å². The van der Waals surface area contributed by atoms with Crippen LogP contribution in [0.1, 0.15) is 35.4 Å². The van der Waals surface area contributed by atoms with E-state index in [1.165, 1.54) is 0 Å². The molecule has 108 valence electrons. The lowest BCUT2D eigenvalue weighted by atomic mass is 9.96. The number of phenolic OH excluding ortho intramolecular Hbond substituents is 1. The molecule has 1 aliphatic heterocycles. The third-order valence-electron chi connectivity index (χ3n) is 3.48. The number of fused-ring (bicyclic) bond motifs is 1. The average Bonchev–Trinajstić information content (AvgIpc) is 2.50. The Kier molecular flexibility index (Phi) is 3.52. The number of hydrogen-bond donors (Lipinski definition) is 1. The summed E-state index contributed by atoms with van der Waals surface area (Å²) in [5, 5.41) is 9.74. The number of phenols is 1. The number of aromatic hydroxyl groups is 1. The second-order valence-electron chi connectivity index (χ2n) is 4.89. The van der Waals surface area contributed by atoms with Crippen LogP contribution in [0.4, 0.5) is 0 Å². The molecule has 0 saturated carbocycles. The number of carbonyl (C=O) groups excluding carboxylic acids is 1. The van der Waals surface area contributed by atoms with E-state index in [9.17, 15) is 9.90 Å². The molecular weight excluding hydrogens is 268 g/mol. The van der Waals surface area contributed by atoms with Gasteiger partial charge in [-0.05, 0) is 36.8 Å². The smallest absolute Gasteiger partial charge is 0.170 e. The second-order valence-corrected chi connectivity index (χ2v) is 4.89. The molecule has 0 spiro atoms. The van der Waals surface area contributed by atoms with Gasteiger partial charge in [0.25, 0.3) is 0 Å². The van der Waals surface area contributed by atoms with Crippen LogP contribution in [-0.4, -0.2) is 17.5 Å². The maximum atomic E-state index is 12.2. The van der Waals surface area contributed by atoms with Crippen molar-refractivity contribution in [3.8, 4) is 17.2 Å². The third kappa shape index (κ3) is 2.57. The van der Waals surface area contributed by atoms with Gasteiger partial charge in [-0.25, -0.2) is 0 Å². The van der Waals surface area contributed by atoms with E-state index in [1.807, 2.05) is 19.1 Å². The van der Waals surface area contributed by atoms with E-state index in [1.54, 1.807) is 30.3 Å². The van der Waals surface area contributed by atoms with Crippen molar-refractivity contribution in [2.45, 2.75) is 19.4 Å². The minimum Gasteiger partial charge on any atom is -0.504 e. The first-order valence-corrected chi connectivity index (χ1v) is 6.93.